The first kappa shape index (κ1) is 12.5. The second-order valence-corrected chi connectivity index (χ2v) is 6.96. The highest BCUT2D eigenvalue weighted by Gasteiger charge is 2.44. The Morgan fingerprint density at radius 1 is 1.61 bits per heavy atom. The fourth-order valence-corrected chi connectivity index (χ4v) is 4.23. The summed E-state index contributed by atoms with van der Waals surface area (Å²) in [7, 11) is 0. The highest BCUT2D eigenvalue weighted by atomic mass is 32.1. The predicted octanol–water partition coefficient (Wildman–Crippen LogP) is 3.29. The Morgan fingerprint density at radius 3 is 3.06 bits per heavy atom. The highest BCUT2D eigenvalue weighted by Crippen LogP contribution is 2.50. The minimum Gasteiger partial charge on any atom is -0.336 e. The van der Waals surface area contributed by atoms with Crippen molar-refractivity contribution < 1.29 is 4.79 Å². The molecule has 2 nitrogen and oxygen atoms in total. The minimum atomic E-state index is 0.231. The molecule has 2 heterocycles. The van der Waals surface area contributed by atoms with E-state index >= 15 is 0 Å². The fraction of sp³-hybridized carbons (Fsp3) is 0.643. The first-order chi connectivity index (χ1) is 8.65. The van der Waals surface area contributed by atoms with E-state index in [1.807, 2.05) is 11.3 Å². The van der Waals surface area contributed by atoms with Gasteiger partial charge in [-0.05, 0) is 54.4 Å². The summed E-state index contributed by atoms with van der Waals surface area (Å²) in [6.07, 6.45) is 4.07. The van der Waals surface area contributed by atoms with Crippen LogP contribution < -0.4 is 0 Å². The van der Waals surface area contributed by atoms with Gasteiger partial charge in [-0.3, -0.25) is 4.79 Å². The van der Waals surface area contributed by atoms with Crippen LogP contribution in [0.4, 0.5) is 0 Å². The lowest BCUT2D eigenvalue weighted by molar-refractivity contribution is -0.134. The smallest absolute Gasteiger partial charge is 0.223 e. The first-order valence-electron chi connectivity index (χ1n) is 6.62. The van der Waals surface area contributed by atoms with Crippen LogP contribution in [0.2, 0.25) is 0 Å². The van der Waals surface area contributed by atoms with Crippen molar-refractivity contribution in [1.29, 1.82) is 0 Å². The predicted molar refractivity (Wildman–Crippen MR) is 78.3 cm³/mol. The zero-order chi connectivity index (χ0) is 12.8. The minimum absolute atomic E-state index is 0.231. The molecule has 0 aromatic carbocycles. The van der Waals surface area contributed by atoms with Crippen molar-refractivity contribution in [2.24, 2.45) is 5.41 Å². The van der Waals surface area contributed by atoms with Gasteiger partial charge in [0, 0.05) is 17.8 Å². The van der Waals surface area contributed by atoms with Crippen LogP contribution in [-0.2, 0) is 11.2 Å². The van der Waals surface area contributed by atoms with Gasteiger partial charge >= 0.3 is 0 Å². The van der Waals surface area contributed by atoms with Crippen LogP contribution in [0.25, 0.3) is 0 Å². The van der Waals surface area contributed by atoms with E-state index in [0.717, 1.165) is 18.7 Å². The first-order valence-corrected chi connectivity index (χ1v) is 8.13. The molecule has 1 aromatic rings. The molecule has 1 unspecified atom stereocenters. The summed E-state index contributed by atoms with van der Waals surface area (Å²) < 4.78 is 0. The molecule has 0 spiro atoms. The molecule has 0 saturated heterocycles. The molecule has 4 heteroatoms. The van der Waals surface area contributed by atoms with Crippen LogP contribution in [0.3, 0.4) is 0 Å². The normalized spacial score (nSPS) is 24.8. The van der Waals surface area contributed by atoms with Crippen LogP contribution in [0.5, 0.6) is 0 Å². The second kappa shape index (κ2) is 4.57. The van der Waals surface area contributed by atoms with Gasteiger partial charge in [0.15, 0.2) is 0 Å². The van der Waals surface area contributed by atoms with Gasteiger partial charge in [0.1, 0.15) is 0 Å². The van der Waals surface area contributed by atoms with E-state index in [0.29, 0.717) is 12.3 Å². The van der Waals surface area contributed by atoms with E-state index in [1.54, 1.807) is 0 Å². The van der Waals surface area contributed by atoms with Crippen molar-refractivity contribution in [3.05, 3.63) is 21.9 Å². The van der Waals surface area contributed by atoms with Gasteiger partial charge in [-0.25, -0.2) is 0 Å². The van der Waals surface area contributed by atoms with Crippen LogP contribution in [0.15, 0.2) is 11.4 Å². The van der Waals surface area contributed by atoms with Gasteiger partial charge in [0.25, 0.3) is 0 Å². The lowest BCUT2D eigenvalue weighted by atomic mass is 9.98. The molecule has 1 saturated carbocycles. The van der Waals surface area contributed by atoms with Crippen molar-refractivity contribution >= 4 is 29.9 Å². The maximum Gasteiger partial charge on any atom is 0.223 e. The highest BCUT2D eigenvalue weighted by molar-refractivity contribution is 7.80. The number of thiophene rings is 1. The summed E-state index contributed by atoms with van der Waals surface area (Å²) in [6.45, 7) is 3.04. The molecule has 1 fully saturated rings. The van der Waals surface area contributed by atoms with Crippen molar-refractivity contribution in [3.63, 3.8) is 0 Å². The van der Waals surface area contributed by atoms with E-state index in [2.05, 4.69) is 35.9 Å². The fourth-order valence-electron chi connectivity index (χ4n) is 2.84. The van der Waals surface area contributed by atoms with Gasteiger partial charge < -0.3 is 4.90 Å². The van der Waals surface area contributed by atoms with E-state index in [4.69, 9.17) is 0 Å². The van der Waals surface area contributed by atoms with Gasteiger partial charge in [-0.2, -0.15) is 12.6 Å². The number of carbonyl (C=O) groups is 1. The number of hydrogen-bond acceptors (Lipinski definition) is 3. The van der Waals surface area contributed by atoms with Crippen LogP contribution in [-0.4, -0.2) is 23.1 Å². The molecular weight excluding hydrogens is 262 g/mol. The summed E-state index contributed by atoms with van der Waals surface area (Å²) in [6, 6.07) is 2.43. The van der Waals surface area contributed by atoms with E-state index in [-0.39, 0.29) is 11.5 Å². The molecule has 1 aliphatic heterocycles. The molecule has 0 N–H and O–H groups in total. The van der Waals surface area contributed by atoms with Gasteiger partial charge in [0.05, 0.1) is 6.04 Å². The molecule has 1 aromatic heterocycles. The average Bonchev–Trinajstić information content (AvgIpc) is 2.96. The Bertz CT molecular complexity index is 464. The van der Waals surface area contributed by atoms with Crippen LogP contribution in [0.1, 0.15) is 42.7 Å². The van der Waals surface area contributed by atoms with E-state index < -0.39 is 0 Å². The number of thiol groups is 1. The lowest BCUT2D eigenvalue weighted by Gasteiger charge is -2.34. The average molecular weight is 281 g/mol. The lowest BCUT2D eigenvalue weighted by Crippen LogP contribution is -2.39. The maximum absolute atomic E-state index is 12.5. The molecule has 1 atom stereocenters. The summed E-state index contributed by atoms with van der Waals surface area (Å²) in [4.78, 5) is 16.0. The van der Waals surface area contributed by atoms with E-state index in [1.165, 1.54) is 23.3 Å². The molecule has 0 radical (unpaired) electrons. The zero-order valence-electron chi connectivity index (χ0n) is 10.7. The molecule has 2 aliphatic rings. The van der Waals surface area contributed by atoms with Crippen LogP contribution >= 0.6 is 24.0 Å². The maximum atomic E-state index is 12.5. The number of rotatable bonds is 3. The Kier molecular flexibility index (Phi) is 3.18. The van der Waals surface area contributed by atoms with Gasteiger partial charge in [-0.1, -0.05) is 0 Å². The van der Waals surface area contributed by atoms with Crippen molar-refractivity contribution in [2.45, 2.75) is 38.6 Å². The molecule has 1 aliphatic carbocycles. The number of amides is 1. The number of fused-ring (bicyclic) bond motifs is 1. The summed E-state index contributed by atoms with van der Waals surface area (Å²) >= 11 is 6.21. The van der Waals surface area contributed by atoms with Crippen molar-refractivity contribution in [2.75, 3.05) is 12.3 Å². The van der Waals surface area contributed by atoms with Gasteiger partial charge in [-0.15, -0.1) is 11.3 Å². The number of nitrogens with zero attached hydrogens (tertiary/aromatic N) is 1. The molecule has 3 rings (SSSR count). The zero-order valence-corrected chi connectivity index (χ0v) is 12.4. The third-order valence-corrected chi connectivity index (χ3v) is 6.08. The Morgan fingerprint density at radius 2 is 2.39 bits per heavy atom. The van der Waals surface area contributed by atoms with Crippen molar-refractivity contribution in [3.8, 4) is 0 Å². The molecule has 18 heavy (non-hydrogen) atoms. The Labute approximate surface area is 118 Å². The monoisotopic (exact) mass is 281 g/mol. The third-order valence-electron chi connectivity index (χ3n) is 4.42. The van der Waals surface area contributed by atoms with Crippen LogP contribution in [0, 0.1) is 5.41 Å². The van der Waals surface area contributed by atoms with E-state index in [9.17, 15) is 4.79 Å². The molecule has 0 bridgehead atoms. The molecular formula is C14H19NOS2. The van der Waals surface area contributed by atoms with Gasteiger partial charge in [0.2, 0.25) is 5.91 Å². The SMILES string of the molecule is CC1c2ccsc2CCN1C(=O)CC1(CS)CC1. The quantitative estimate of drug-likeness (QED) is 0.843. The Balaban J connectivity index is 1.72. The topological polar surface area (TPSA) is 20.3 Å². The Hall–Kier alpha value is -0.480. The standard InChI is InChI=1S/C14H19NOS2/c1-10-11-3-7-18-12(11)2-6-15(10)13(16)8-14(9-17)4-5-14/h3,7,10,17H,2,4-6,8-9H2,1H3. The largest absolute Gasteiger partial charge is 0.336 e. The van der Waals surface area contributed by atoms with Crippen molar-refractivity contribution in [1.82, 2.24) is 4.90 Å². The number of carbonyl (C=O) groups excluding carboxylic acids is 1. The summed E-state index contributed by atoms with van der Waals surface area (Å²) in [5.74, 6) is 1.18. The second-order valence-electron chi connectivity index (χ2n) is 5.65. The third kappa shape index (κ3) is 2.10. The molecule has 98 valence electrons. The molecule has 1 amide bonds. The summed E-state index contributed by atoms with van der Waals surface area (Å²) in [5.41, 5.74) is 1.59. The number of hydrogen-bond donors (Lipinski definition) is 1. The summed E-state index contributed by atoms with van der Waals surface area (Å²) in [5, 5.41) is 2.14.